The number of aliphatic carboxylic acids is 1. The summed E-state index contributed by atoms with van der Waals surface area (Å²) in [7, 11) is 0. The van der Waals surface area contributed by atoms with Crippen molar-refractivity contribution >= 4 is 23.6 Å². The first-order valence-electron chi connectivity index (χ1n) is 7.47. The number of carbonyl (C=O) groups is 2. The lowest BCUT2D eigenvalue weighted by Gasteiger charge is -2.39. The van der Waals surface area contributed by atoms with Crippen molar-refractivity contribution in [3.05, 3.63) is 0 Å². The van der Waals surface area contributed by atoms with Crippen LogP contribution in [0.5, 0.6) is 0 Å². The van der Waals surface area contributed by atoms with Crippen LogP contribution in [0.3, 0.4) is 0 Å². The number of carbonyl (C=O) groups excluding carboxylic acids is 2. The van der Waals surface area contributed by atoms with Gasteiger partial charge in [-0.25, -0.2) is 0 Å². The van der Waals surface area contributed by atoms with Crippen LogP contribution in [0.4, 0.5) is 0 Å². The monoisotopic (exact) mass is 298 g/mol. The smallest absolute Gasteiger partial charge is 0.229 e. The molecule has 2 aliphatic rings. The molecule has 2 fully saturated rings. The molecule has 1 aliphatic carbocycles. The number of thioether (sulfide) groups is 1. The van der Waals surface area contributed by atoms with Crippen molar-refractivity contribution < 1.29 is 14.7 Å². The number of hydrogen-bond acceptors (Lipinski definition) is 4. The molecule has 114 valence electrons. The van der Waals surface area contributed by atoms with Crippen molar-refractivity contribution in [2.75, 3.05) is 5.75 Å². The van der Waals surface area contributed by atoms with Crippen molar-refractivity contribution in [3.8, 4) is 0 Å². The molecule has 0 aromatic rings. The van der Waals surface area contributed by atoms with E-state index in [1.54, 1.807) is 16.7 Å². The van der Waals surface area contributed by atoms with Gasteiger partial charge in [0.05, 0.1) is 17.4 Å². The van der Waals surface area contributed by atoms with Crippen LogP contribution >= 0.6 is 11.8 Å². The van der Waals surface area contributed by atoms with Crippen LogP contribution in [0.2, 0.25) is 0 Å². The maximum Gasteiger partial charge on any atom is 0.229 e. The molecule has 4 nitrogen and oxygen atoms in total. The Bertz CT molecular complexity index is 385. The summed E-state index contributed by atoms with van der Waals surface area (Å²) in [5, 5.41) is 11.4. The van der Waals surface area contributed by atoms with E-state index in [9.17, 15) is 14.7 Å². The maximum absolute atomic E-state index is 12.7. The van der Waals surface area contributed by atoms with Gasteiger partial charge in [0.15, 0.2) is 0 Å². The molecule has 2 rings (SSSR count). The van der Waals surface area contributed by atoms with Crippen LogP contribution in [0.25, 0.3) is 0 Å². The summed E-state index contributed by atoms with van der Waals surface area (Å²) in [6.45, 7) is 5.55. The van der Waals surface area contributed by atoms with Gasteiger partial charge in [0.1, 0.15) is 0 Å². The number of amides is 1. The molecule has 0 N–H and O–H groups in total. The Morgan fingerprint density at radius 3 is 2.25 bits per heavy atom. The summed E-state index contributed by atoms with van der Waals surface area (Å²) in [6.07, 6.45) is 5.84. The molecular weight excluding hydrogens is 274 g/mol. The summed E-state index contributed by atoms with van der Waals surface area (Å²) in [5.74, 6) is -0.282. The third-order valence-electron chi connectivity index (χ3n) is 4.24. The molecule has 0 unspecified atom stereocenters. The molecule has 0 aromatic heterocycles. The van der Waals surface area contributed by atoms with Crippen molar-refractivity contribution in [3.63, 3.8) is 0 Å². The SMILES string of the molecule is CC(C)(C)C(=O)N1[C@H](C(=O)[O-])CS[C@H]1C1CCCCC1. The van der Waals surface area contributed by atoms with E-state index >= 15 is 0 Å². The molecule has 20 heavy (non-hydrogen) atoms. The Morgan fingerprint density at radius 1 is 1.15 bits per heavy atom. The third-order valence-corrected chi connectivity index (χ3v) is 5.70. The van der Waals surface area contributed by atoms with Gasteiger partial charge in [-0.3, -0.25) is 4.79 Å². The third kappa shape index (κ3) is 3.13. The van der Waals surface area contributed by atoms with Crippen molar-refractivity contribution in [1.29, 1.82) is 0 Å². The normalized spacial score (nSPS) is 28.6. The van der Waals surface area contributed by atoms with Gasteiger partial charge >= 0.3 is 0 Å². The molecule has 1 saturated heterocycles. The molecule has 1 saturated carbocycles. The van der Waals surface area contributed by atoms with Crippen LogP contribution < -0.4 is 5.11 Å². The Morgan fingerprint density at radius 2 is 1.75 bits per heavy atom. The molecule has 1 heterocycles. The van der Waals surface area contributed by atoms with Gasteiger partial charge in [-0.05, 0) is 18.8 Å². The minimum Gasteiger partial charge on any atom is -0.548 e. The van der Waals surface area contributed by atoms with E-state index < -0.39 is 17.4 Å². The van der Waals surface area contributed by atoms with E-state index in [1.165, 1.54) is 19.3 Å². The van der Waals surface area contributed by atoms with Crippen molar-refractivity contribution in [2.24, 2.45) is 11.3 Å². The highest BCUT2D eigenvalue weighted by molar-refractivity contribution is 8.00. The van der Waals surface area contributed by atoms with Gasteiger partial charge in [0.25, 0.3) is 0 Å². The summed E-state index contributed by atoms with van der Waals surface area (Å²) < 4.78 is 0. The van der Waals surface area contributed by atoms with Gasteiger partial charge < -0.3 is 14.8 Å². The predicted molar refractivity (Wildman–Crippen MR) is 77.9 cm³/mol. The molecule has 5 heteroatoms. The first kappa shape index (κ1) is 15.7. The van der Waals surface area contributed by atoms with E-state index in [-0.39, 0.29) is 11.3 Å². The molecule has 0 radical (unpaired) electrons. The van der Waals surface area contributed by atoms with Crippen molar-refractivity contribution in [2.45, 2.75) is 64.3 Å². The quantitative estimate of drug-likeness (QED) is 0.777. The average Bonchev–Trinajstić information content (AvgIpc) is 2.82. The molecule has 0 bridgehead atoms. The fourth-order valence-electron chi connectivity index (χ4n) is 3.14. The molecule has 1 aliphatic heterocycles. The lowest BCUT2D eigenvalue weighted by Crippen LogP contribution is -2.55. The van der Waals surface area contributed by atoms with E-state index in [4.69, 9.17) is 0 Å². The topological polar surface area (TPSA) is 60.4 Å². The Labute approximate surface area is 125 Å². The zero-order chi connectivity index (χ0) is 14.9. The van der Waals surface area contributed by atoms with Crippen molar-refractivity contribution in [1.82, 2.24) is 4.90 Å². The highest BCUT2D eigenvalue weighted by atomic mass is 32.2. The van der Waals surface area contributed by atoms with E-state index in [1.807, 2.05) is 20.8 Å². The molecule has 2 atom stereocenters. The van der Waals surface area contributed by atoms with Crippen LogP contribution in [0.1, 0.15) is 52.9 Å². The zero-order valence-electron chi connectivity index (χ0n) is 12.6. The maximum atomic E-state index is 12.7. The Hall–Kier alpha value is -0.710. The molecule has 1 amide bonds. The van der Waals surface area contributed by atoms with E-state index in [2.05, 4.69) is 0 Å². The molecule has 0 aromatic carbocycles. The van der Waals surface area contributed by atoms with Gasteiger partial charge in [-0.15, -0.1) is 11.8 Å². The average molecular weight is 298 g/mol. The summed E-state index contributed by atoms with van der Waals surface area (Å²) in [6, 6.07) is -0.765. The molecular formula is C15H24NO3S-. The second-order valence-electron chi connectivity index (χ2n) is 6.92. The second kappa shape index (κ2) is 5.96. The van der Waals surface area contributed by atoms with E-state index in [0.717, 1.165) is 12.8 Å². The van der Waals surface area contributed by atoms with Crippen LogP contribution in [-0.2, 0) is 9.59 Å². The number of hydrogen-bond donors (Lipinski definition) is 0. The standard InChI is InChI=1S/C15H25NO3S/c1-15(2,3)14(19)16-11(13(17)18)9-20-12(16)10-7-5-4-6-8-10/h10-12H,4-9H2,1-3H3,(H,17,18)/p-1/t11-,12-/m0/s1. The zero-order valence-corrected chi connectivity index (χ0v) is 13.4. The number of carboxylic acid groups (broad SMARTS) is 1. The number of nitrogens with zero attached hydrogens (tertiary/aromatic N) is 1. The highest BCUT2D eigenvalue weighted by Gasteiger charge is 2.45. The second-order valence-corrected chi connectivity index (χ2v) is 8.07. The summed E-state index contributed by atoms with van der Waals surface area (Å²) in [4.78, 5) is 25.6. The largest absolute Gasteiger partial charge is 0.548 e. The summed E-state index contributed by atoms with van der Waals surface area (Å²) in [5.41, 5.74) is -0.550. The predicted octanol–water partition coefficient (Wildman–Crippen LogP) is 1.63. The molecule has 0 spiro atoms. The van der Waals surface area contributed by atoms with Crippen LogP contribution in [0.15, 0.2) is 0 Å². The van der Waals surface area contributed by atoms with Crippen LogP contribution in [0, 0.1) is 11.3 Å². The van der Waals surface area contributed by atoms with Gasteiger partial charge in [0.2, 0.25) is 5.91 Å². The fourth-order valence-corrected chi connectivity index (χ4v) is 4.76. The lowest BCUT2D eigenvalue weighted by molar-refractivity contribution is -0.310. The van der Waals surface area contributed by atoms with E-state index in [0.29, 0.717) is 11.7 Å². The van der Waals surface area contributed by atoms with Gasteiger partial charge in [0, 0.05) is 11.2 Å². The minimum atomic E-state index is -1.12. The summed E-state index contributed by atoms with van der Waals surface area (Å²) >= 11 is 1.62. The van der Waals surface area contributed by atoms with Gasteiger partial charge in [-0.2, -0.15) is 0 Å². The number of carboxylic acids is 1. The first-order valence-corrected chi connectivity index (χ1v) is 8.52. The Kier molecular flexibility index (Phi) is 4.67. The van der Waals surface area contributed by atoms with Crippen LogP contribution in [-0.4, -0.2) is 33.9 Å². The minimum absolute atomic E-state index is 0.0184. The fraction of sp³-hybridized carbons (Fsp3) is 0.867. The highest BCUT2D eigenvalue weighted by Crippen LogP contribution is 2.42. The van der Waals surface area contributed by atoms with Gasteiger partial charge in [-0.1, -0.05) is 40.0 Å². The lowest BCUT2D eigenvalue weighted by atomic mass is 9.87. The number of rotatable bonds is 2. The Balaban J connectivity index is 2.22. The first-order chi connectivity index (χ1) is 9.32.